The molecule has 0 aliphatic heterocycles. The van der Waals surface area contributed by atoms with E-state index in [1.165, 1.54) is 0 Å². The van der Waals surface area contributed by atoms with Crippen molar-refractivity contribution in [3.63, 3.8) is 0 Å². The minimum absolute atomic E-state index is 0. The summed E-state index contributed by atoms with van der Waals surface area (Å²) in [6, 6.07) is 0. The van der Waals surface area contributed by atoms with Gasteiger partial charge in [-0.15, -0.1) is 0 Å². The fourth-order valence-electron chi connectivity index (χ4n) is 0. The van der Waals surface area contributed by atoms with Gasteiger partial charge < -0.3 is 23.3 Å². The summed E-state index contributed by atoms with van der Waals surface area (Å²) in [6.07, 6.45) is 0. The van der Waals surface area contributed by atoms with Gasteiger partial charge in [0.2, 0.25) is 0 Å². The molecule has 4 nitrogen and oxygen atoms in total. The van der Waals surface area contributed by atoms with Crippen LogP contribution >= 0.6 is 0 Å². The van der Waals surface area contributed by atoms with Crippen LogP contribution in [0.1, 0.15) is 1.43 Å². The standard InChI is InChI=1S/Fe.Na.4H2O.Ti.H/h;;4*1H2;;/q;+1;;;;;;-1. The van der Waals surface area contributed by atoms with E-state index in [0.717, 1.165) is 0 Å². The molecule has 0 aromatic rings. The third-order valence-corrected chi connectivity index (χ3v) is 0. The Morgan fingerprint density at radius 3 is 0.714 bits per heavy atom. The van der Waals surface area contributed by atoms with Gasteiger partial charge >= 0.3 is 29.6 Å². The van der Waals surface area contributed by atoms with Gasteiger partial charge in [-0.3, -0.25) is 0 Å². The molecule has 0 heterocycles. The van der Waals surface area contributed by atoms with Gasteiger partial charge in [0.25, 0.3) is 0 Å². The first kappa shape index (κ1) is 138. The average molecular weight is 200 g/mol. The van der Waals surface area contributed by atoms with Crippen molar-refractivity contribution in [1.29, 1.82) is 0 Å². The largest absolute Gasteiger partial charge is 1.00 e. The smallest absolute Gasteiger partial charge is 1.00 e. The Morgan fingerprint density at radius 2 is 0.714 bits per heavy atom. The first-order chi connectivity index (χ1) is 0. The van der Waals surface area contributed by atoms with Crippen molar-refractivity contribution in [2.24, 2.45) is 0 Å². The molecule has 0 rings (SSSR count). The Balaban J connectivity index is 0. The van der Waals surface area contributed by atoms with E-state index in [2.05, 4.69) is 0 Å². The number of rotatable bonds is 0. The first-order valence-corrected chi connectivity index (χ1v) is 0. The molecule has 0 bridgehead atoms. The summed E-state index contributed by atoms with van der Waals surface area (Å²) >= 11 is 0. The molecule has 0 aliphatic carbocycles. The normalized spacial score (nSPS) is 0. The minimum atomic E-state index is 0. The van der Waals surface area contributed by atoms with Gasteiger partial charge in [-0.05, 0) is 0 Å². The number of hydrogen-bond acceptors (Lipinski definition) is 0. The molecule has 8 N–H and O–H groups in total. The molecule has 0 atom stereocenters. The average Bonchev–Trinajstić information content (AvgIpc) is 0. The molecule has 0 aromatic heterocycles. The van der Waals surface area contributed by atoms with Crippen LogP contribution in [0.4, 0.5) is 0 Å². The molecule has 46 valence electrons. The molecular formula is H9FeNaO4Ti. The summed E-state index contributed by atoms with van der Waals surface area (Å²) in [4.78, 5) is 0. The van der Waals surface area contributed by atoms with Gasteiger partial charge in [-0.2, -0.15) is 0 Å². The van der Waals surface area contributed by atoms with E-state index in [4.69, 9.17) is 0 Å². The van der Waals surface area contributed by atoms with Crippen LogP contribution in [0.25, 0.3) is 0 Å². The topological polar surface area (TPSA) is 126 Å². The first-order valence-electron chi connectivity index (χ1n) is 0. The van der Waals surface area contributed by atoms with E-state index in [1.807, 2.05) is 0 Å². The summed E-state index contributed by atoms with van der Waals surface area (Å²) in [5, 5.41) is 0. The van der Waals surface area contributed by atoms with E-state index in [0.29, 0.717) is 0 Å². The maximum absolute atomic E-state index is 0. The van der Waals surface area contributed by atoms with Gasteiger partial charge in [0.05, 0.1) is 0 Å². The second-order valence-corrected chi connectivity index (χ2v) is 0. The zero-order valence-corrected chi connectivity index (χ0v) is 8.52. The molecule has 0 aromatic carbocycles. The fraction of sp³-hybridized carbons (Fsp3) is 0. The molecule has 0 spiro atoms. The summed E-state index contributed by atoms with van der Waals surface area (Å²) in [7, 11) is 0. The third-order valence-electron chi connectivity index (χ3n) is 0. The van der Waals surface area contributed by atoms with Crippen molar-refractivity contribution in [1.82, 2.24) is 0 Å². The Labute approximate surface area is 90.8 Å². The van der Waals surface area contributed by atoms with Crippen molar-refractivity contribution >= 4 is 0 Å². The van der Waals surface area contributed by atoms with Crippen LogP contribution < -0.4 is 29.6 Å². The molecule has 7 heavy (non-hydrogen) atoms. The molecule has 7 heteroatoms. The van der Waals surface area contributed by atoms with Crippen molar-refractivity contribution in [3.8, 4) is 0 Å². The molecular weight excluding hydrogens is 191 g/mol. The third kappa shape index (κ3) is 69.3. The zero-order chi connectivity index (χ0) is 0. The monoisotopic (exact) mass is 200 g/mol. The van der Waals surface area contributed by atoms with E-state index >= 15 is 0 Å². The number of hydrogen-bond donors (Lipinski definition) is 0. The fourth-order valence-corrected chi connectivity index (χ4v) is 0. The molecule has 0 fully saturated rings. The molecule has 0 amide bonds. The summed E-state index contributed by atoms with van der Waals surface area (Å²) < 4.78 is 0. The SMILES string of the molecule is O.O.O.O.[Fe].[H-].[Na+].[Ti]. The van der Waals surface area contributed by atoms with Gasteiger partial charge in [0.1, 0.15) is 0 Å². The molecule has 0 saturated carbocycles. The van der Waals surface area contributed by atoms with Gasteiger partial charge in [0, 0.05) is 38.8 Å². The van der Waals surface area contributed by atoms with E-state index in [-0.39, 0.29) is 91.7 Å². The van der Waals surface area contributed by atoms with Crippen molar-refractivity contribution in [2.75, 3.05) is 0 Å². The predicted molar refractivity (Wildman–Crippen MR) is 15.6 cm³/mol. The van der Waals surface area contributed by atoms with Crippen molar-refractivity contribution in [3.05, 3.63) is 0 Å². The van der Waals surface area contributed by atoms with E-state index < -0.39 is 0 Å². The van der Waals surface area contributed by atoms with Crippen LogP contribution in [0.15, 0.2) is 0 Å². The van der Waals surface area contributed by atoms with Crippen LogP contribution in [0, 0.1) is 0 Å². The van der Waals surface area contributed by atoms with Crippen molar-refractivity contribution in [2.45, 2.75) is 0 Å². The van der Waals surface area contributed by atoms with Crippen molar-refractivity contribution < 1.29 is 91.7 Å². The summed E-state index contributed by atoms with van der Waals surface area (Å²) in [5.41, 5.74) is 0. The Morgan fingerprint density at radius 1 is 0.714 bits per heavy atom. The Bertz CT molecular complexity index is 16.0. The van der Waals surface area contributed by atoms with Crippen LogP contribution in [0.2, 0.25) is 0 Å². The molecule has 0 unspecified atom stereocenters. The minimum Gasteiger partial charge on any atom is -1.00 e. The second-order valence-electron chi connectivity index (χ2n) is 0. The maximum Gasteiger partial charge on any atom is 1.00 e. The van der Waals surface area contributed by atoms with E-state index in [1.54, 1.807) is 0 Å². The Kier molecular flexibility index (Phi) is 1850. The zero-order valence-electron chi connectivity index (χ0n) is 4.85. The predicted octanol–water partition coefficient (Wildman–Crippen LogP) is -6.19. The molecule has 0 aliphatic rings. The van der Waals surface area contributed by atoms with Crippen LogP contribution in [0.3, 0.4) is 0 Å². The van der Waals surface area contributed by atoms with Gasteiger partial charge in [-0.1, -0.05) is 0 Å². The van der Waals surface area contributed by atoms with Gasteiger partial charge in [-0.25, -0.2) is 0 Å². The summed E-state index contributed by atoms with van der Waals surface area (Å²) in [6.45, 7) is 0. The second kappa shape index (κ2) is 93.9. The van der Waals surface area contributed by atoms with Crippen LogP contribution in [-0.4, -0.2) is 21.9 Å². The molecule has 0 radical (unpaired) electrons. The van der Waals surface area contributed by atoms with Crippen LogP contribution in [0.5, 0.6) is 0 Å². The Hall–Kier alpha value is 2.07. The summed E-state index contributed by atoms with van der Waals surface area (Å²) in [5.74, 6) is 0. The molecule has 0 saturated heterocycles. The van der Waals surface area contributed by atoms with Crippen LogP contribution in [-0.2, 0) is 38.8 Å². The van der Waals surface area contributed by atoms with E-state index in [9.17, 15) is 0 Å². The quantitative estimate of drug-likeness (QED) is 0.345. The maximum atomic E-state index is 0. The van der Waals surface area contributed by atoms with Gasteiger partial charge in [0.15, 0.2) is 0 Å².